The molecule has 4 nitrogen and oxygen atoms in total. The van der Waals surface area contributed by atoms with Gasteiger partial charge in [0.15, 0.2) is 0 Å². The van der Waals surface area contributed by atoms with E-state index < -0.39 is 0 Å². The Kier molecular flexibility index (Phi) is 15.3. The molecule has 0 aromatic carbocycles. The quantitative estimate of drug-likeness (QED) is 0.214. The lowest BCUT2D eigenvalue weighted by molar-refractivity contribution is -0.147. The Morgan fingerprint density at radius 1 is 0.800 bits per heavy atom. The van der Waals surface area contributed by atoms with Gasteiger partial charge in [0.2, 0.25) is 0 Å². The zero-order valence-corrected chi connectivity index (χ0v) is 16.7. The normalized spacial score (nSPS) is 13.6. The van der Waals surface area contributed by atoms with Gasteiger partial charge < -0.3 is 9.47 Å². The molecule has 4 heteroatoms. The summed E-state index contributed by atoms with van der Waals surface area (Å²) in [6.07, 6.45) is 16.6. The highest BCUT2D eigenvalue weighted by Crippen LogP contribution is 2.13. The molecule has 0 heterocycles. The summed E-state index contributed by atoms with van der Waals surface area (Å²) < 4.78 is 10.4. The number of esters is 2. The fraction of sp³-hybridized carbons (Fsp3) is 0.810. The molecule has 0 aromatic heterocycles. The topological polar surface area (TPSA) is 52.6 Å². The van der Waals surface area contributed by atoms with E-state index in [-0.39, 0.29) is 24.1 Å². The molecule has 2 unspecified atom stereocenters. The van der Waals surface area contributed by atoms with Crippen LogP contribution in [0.5, 0.6) is 0 Å². The number of ether oxygens (including phenoxy) is 2. The third kappa shape index (κ3) is 17.3. The lowest BCUT2D eigenvalue weighted by Crippen LogP contribution is -2.15. The van der Waals surface area contributed by atoms with E-state index in [1.54, 1.807) is 0 Å². The zero-order chi connectivity index (χ0) is 18.9. The molecular weight excluding hydrogens is 316 g/mol. The first-order valence-corrected chi connectivity index (χ1v) is 9.95. The number of carbonyl (C=O) groups is 2. The lowest BCUT2D eigenvalue weighted by atomic mass is 10.1. The van der Waals surface area contributed by atoms with E-state index in [0.29, 0.717) is 0 Å². The Morgan fingerprint density at radius 3 is 2.00 bits per heavy atom. The summed E-state index contributed by atoms with van der Waals surface area (Å²) in [5, 5.41) is 0. The molecule has 0 saturated heterocycles. The Labute approximate surface area is 154 Å². The van der Waals surface area contributed by atoms with Gasteiger partial charge in [0, 0.05) is 13.8 Å². The number of rotatable bonds is 15. The second-order valence-corrected chi connectivity index (χ2v) is 6.83. The predicted octanol–water partition coefficient (Wildman–Crippen LogP) is 5.74. The average Bonchev–Trinajstić information content (AvgIpc) is 2.51. The first kappa shape index (κ1) is 23.7. The molecule has 0 bridgehead atoms. The Balaban J connectivity index is 3.51. The van der Waals surface area contributed by atoms with Gasteiger partial charge in [-0.3, -0.25) is 9.59 Å². The van der Waals surface area contributed by atoms with Crippen LogP contribution in [0.15, 0.2) is 12.2 Å². The summed E-state index contributed by atoms with van der Waals surface area (Å²) in [6, 6.07) is 0. The molecule has 146 valence electrons. The number of carbonyl (C=O) groups excluding carboxylic acids is 2. The van der Waals surface area contributed by atoms with Crippen LogP contribution in [0.2, 0.25) is 0 Å². The van der Waals surface area contributed by atoms with Gasteiger partial charge >= 0.3 is 11.9 Å². The first-order valence-electron chi connectivity index (χ1n) is 9.95. The molecule has 0 aromatic rings. The van der Waals surface area contributed by atoms with E-state index in [1.807, 2.05) is 6.92 Å². The summed E-state index contributed by atoms with van der Waals surface area (Å²) in [7, 11) is 0. The van der Waals surface area contributed by atoms with Crippen molar-refractivity contribution in [1.82, 2.24) is 0 Å². The van der Waals surface area contributed by atoms with Crippen LogP contribution < -0.4 is 0 Å². The maximum atomic E-state index is 11.0. The minimum absolute atomic E-state index is 0.0425. The molecule has 2 atom stereocenters. The second kappa shape index (κ2) is 16.2. The largest absolute Gasteiger partial charge is 0.463 e. The van der Waals surface area contributed by atoms with Crippen molar-refractivity contribution in [2.75, 3.05) is 0 Å². The number of allylic oxidation sites excluding steroid dienone is 2. The van der Waals surface area contributed by atoms with Crippen molar-refractivity contribution >= 4 is 11.9 Å². The molecule has 0 radical (unpaired) electrons. The molecule has 0 aliphatic rings. The number of hydrogen-bond acceptors (Lipinski definition) is 4. The average molecular weight is 355 g/mol. The highest BCUT2D eigenvalue weighted by Gasteiger charge is 2.09. The van der Waals surface area contributed by atoms with Crippen LogP contribution in [-0.4, -0.2) is 24.1 Å². The Morgan fingerprint density at radius 2 is 1.40 bits per heavy atom. The number of hydrogen-bond donors (Lipinski definition) is 0. The molecule has 0 aliphatic carbocycles. The van der Waals surface area contributed by atoms with Crippen molar-refractivity contribution in [3.63, 3.8) is 0 Å². The van der Waals surface area contributed by atoms with E-state index in [2.05, 4.69) is 19.1 Å². The molecule has 0 aliphatic heterocycles. The maximum Gasteiger partial charge on any atom is 0.302 e. The van der Waals surface area contributed by atoms with Crippen molar-refractivity contribution in [2.24, 2.45) is 0 Å². The first-order chi connectivity index (χ1) is 12.0. The van der Waals surface area contributed by atoms with E-state index >= 15 is 0 Å². The Hall–Kier alpha value is -1.32. The minimum Gasteiger partial charge on any atom is -0.463 e. The molecule has 0 saturated carbocycles. The molecular formula is C21H38O4. The Bertz CT molecular complexity index is 376. The summed E-state index contributed by atoms with van der Waals surface area (Å²) in [4.78, 5) is 21.8. The standard InChI is InChI=1S/C21H38O4/c1-5-15-21(25-20(4)23)17-14-12-10-8-6-7-9-11-13-16-18(2)24-19(3)22/h8,10,18,21H,5-7,9,11-17H2,1-4H3/b10-8-. The highest BCUT2D eigenvalue weighted by atomic mass is 16.5. The molecule has 0 fully saturated rings. The molecule has 0 amide bonds. The van der Waals surface area contributed by atoms with Gasteiger partial charge in [0.1, 0.15) is 6.10 Å². The van der Waals surface area contributed by atoms with Crippen LogP contribution >= 0.6 is 0 Å². The zero-order valence-electron chi connectivity index (χ0n) is 16.7. The van der Waals surface area contributed by atoms with Crippen LogP contribution in [0.25, 0.3) is 0 Å². The van der Waals surface area contributed by atoms with Gasteiger partial charge in [-0.1, -0.05) is 38.3 Å². The minimum atomic E-state index is -0.188. The third-order valence-corrected chi connectivity index (χ3v) is 4.11. The van der Waals surface area contributed by atoms with Crippen molar-refractivity contribution < 1.29 is 19.1 Å². The van der Waals surface area contributed by atoms with E-state index in [0.717, 1.165) is 51.4 Å². The molecule has 25 heavy (non-hydrogen) atoms. The fourth-order valence-corrected chi connectivity index (χ4v) is 2.91. The monoisotopic (exact) mass is 354 g/mol. The van der Waals surface area contributed by atoms with E-state index in [1.165, 1.54) is 33.1 Å². The van der Waals surface area contributed by atoms with Crippen LogP contribution in [0, 0.1) is 0 Å². The van der Waals surface area contributed by atoms with Gasteiger partial charge in [-0.2, -0.15) is 0 Å². The lowest BCUT2D eigenvalue weighted by Gasteiger charge is -2.15. The third-order valence-electron chi connectivity index (χ3n) is 4.11. The van der Waals surface area contributed by atoms with Crippen molar-refractivity contribution in [3.8, 4) is 0 Å². The van der Waals surface area contributed by atoms with Gasteiger partial charge in [-0.25, -0.2) is 0 Å². The fourth-order valence-electron chi connectivity index (χ4n) is 2.91. The summed E-state index contributed by atoms with van der Waals surface area (Å²) in [5.74, 6) is -0.359. The summed E-state index contributed by atoms with van der Waals surface area (Å²) in [5.41, 5.74) is 0. The van der Waals surface area contributed by atoms with Crippen LogP contribution in [0.1, 0.15) is 98.3 Å². The van der Waals surface area contributed by atoms with Crippen molar-refractivity contribution in [2.45, 2.75) is 111 Å². The summed E-state index contributed by atoms with van der Waals surface area (Å²) >= 11 is 0. The van der Waals surface area contributed by atoms with Crippen molar-refractivity contribution in [3.05, 3.63) is 12.2 Å². The SMILES string of the molecule is CCCC(CCC/C=C\CCCCCCC(C)OC(C)=O)OC(C)=O. The van der Waals surface area contributed by atoms with Crippen molar-refractivity contribution in [1.29, 1.82) is 0 Å². The van der Waals surface area contributed by atoms with Gasteiger partial charge in [0.25, 0.3) is 0 Å². The smallest absolute Gasteiger partial charge is 0.302 e. The molecule has 0 N–H and O–H groups in total. The highest BCUT2D eigenvalue weighted by molar-refractivity contribution is 5.66. The van der Waals surface area contributed by atoms with Crippen LogP contribution in [-0.2, 0) is 19.1 Å². The predicted molar refractivity (Wildman–Crippen MR) is 102 cm³/mol. The maximum absolute atomic E-state index is 11.0. The van der Waals surface area contributed by atoms with Gasteiger partial charge in [0.05, 0.1) is 6.10 Å². The number of unbranched alkanes of at least 4 members (excludes halogenated alkanes) is 5. The second-order valence-electron chi connectivity index (χ2n) is 6.83. The van der Waals surface area contributed by atoms with E-state index in [9.17, 15) is 9.59 Å². The van der Waals surface area contributed by atoms with Crippen LogP contribution in [0.3, 0.4) is 0 Å². The van der Waals surface area contributed by atoms with Crippen LogP contribution in [0.4, 0.5) is 0 Å². The molecule has 0 spiro atoms. The molecule has 0 rings (SSSR count). The summed E-state index contributed by atoms with van der Waals surface area (Å²) in [6.45, 7) is 7.02. The van der Waals surface area contributed by atoms with Gasteiger partial charge in [-0.05, 0) is 58.3 Å². The van der Waals surface area contributed by atoms with E-state index in [4.69, 9.17) is 9.47 Å². The van der Waals surface area contributed by atoms with Gasteiger partial charge in [-0.15, -0.1) is 0 Å².